The maximum Gasteiger partial charge on any atom is 0.303 e. The first-order valence-electron chi connectivity index (χ1n) is 8.42. The number of carbonyl (C=O) groups excluding carboxylic acids is 1. The number of nitrogens with one attached hydrogen (secondary N) is 1. The first-order chi connectivity index (χ1) is 12.1. The lowest BCUT2D eigenvalue weighted by Gasteiger charge is -2.08. The Morgan fingerprint density at radius 1 is 0.920 bits per heavy atom. The minimum Gasteiger partial charge on any atom is -0.489 e. The number of ether oxygens (including phenoxy) is 1. The Morgan fingerprint density at radius 2 is 1.64 bits per heavy atom. The van der Waals surface area contributed by atoms with Crippen LogP contribution in [0.3, 0.4) is 0 Å². The van der Waals surface area contributed by atoms with Crippen LogP contribution in [0.5, 0.6) is 5.75 Å². The van der Waals surface area contributed by atoms with Crippen LogP contribution < -0.4 is 10.1 Å². The number of benzene rings is 2. The summed E-state index contributed by atoms with van der Waals surface area (Å²) in [6.45, 7) is 1.01. The number of aliphatic carboxylic acids is 1. The summed E-state index contributed by atoms with van der Waals surface area (Å²) in [5, 5.41) is 11.4. The van der Waals surface area contributed by atoms with E-state index in [9.17, 15) is 9.59 Å². The first-order valence-corrected chi connectivity index (χ1v) is 8.42. The average molecular weight is 341 g/mol. The van der Waals surface area contributed by atoms with Gasteiger partial charge in [0.05, 0.1) is 0 Å². The van der Waals surface area contributed by atoms with Gasteiger partial charge in [0.1, 0.15) is 12.4 Å². The van der Waals surface area contributed by atoms with Gasteiger partial charge in [0, 0.05) is 18.5 Å². The van der Waals surface area contributed by atoms with Crippen LogP contribution in [-0.2, 0) is 11.4 Å². The molecule has 0 atom stereocenters. The Morgan fingerprint density at radius 3 is 2.32 bits per heavy atom. The Hall–Kier alpha value is -2.82. The molecule has 2 rings (SSSR count). The second-order valence-corrected chi connectivity index (χ2v) is 5.76. The van der Waals surface area contributed by atoms with Crippen LogP contribution >= 0.6 is 0 Å². The fourth-order valence-electron chi connectivity index (χ4n) is 2.32. The molecule has 5 nitrogen and oxygen atoms in total. The zero-order valence-corrected chi connectivity index (χ0v) is 14.1. The van der Waals surface area contributed by atoms with E-state index in [1.54, 1.807) is 12.1 Å². The number of amides is 1. The third kappa shape index (κ3) is 7.08. The summed E-state index contributed by atoms with van der Waals surface area (Å²) in [4.78, 5) is 22.4. The molecule has 2 N–H and O–H groups in total. The SMILES string of the molecule is O=C(O)CCCCCNC(=O)c1ccc(COc2ccccc2)cc1. The smallest absolute Gasteiger partial charge is 0.303 e. The Kier molecular flexibility index (Phi) is 7.50. The van der Waals surface area contributed by atoms with E-state index in [1.807, 2.05) is 42.5 Å². The molecule has 2 aromatic rings. The van der Waals surface area contributed by atoms with E-state index in [1.165, 1.54) is 0 Å². The van der Waals surface area contributed by atoms with Crippen LogP contribution in [0.2, 0.25) is 0 Å². The number of rotatable bonds is 10. The van der Waals surface area contributed by atoms with E-state index in [0.717, 1.165) is 24.2 Å². The highest BCUT2D eigenvalue weighted by molar-refractivity contribution is 5.94. The standard InChI is InChI=1S/C20H23NO4/c22-19(23)9-5-2-6-14-21-20(24)17-12-10-16(11-13-17)15-25-18-7-3-1-4-8-18/h1,3-4,7-8,10-13H,2,5-6,9,14-15H2,(H,21,24)(H,22,23). The topological polar surface area (TPSA) is 75.6 Å². The summed E-state index contributed by atoms with van der Waals surface area (Å²) >= 11 is 0. The highest BCUT2D eigenvalue weighted by Gasteiger charge is 2.05. The zero-order valence-electron chi connectivity index (χ0n) is 14.1. The number of carbonyl (C=O) groups is 2. The van der Waals surface area contributed by atoms with Gasteiger partial charge in [-0.1, -0.05) is 36.8 Å². The molecule has 0 saturated heterocycles. The number of hydrogen-bond acceptors (Lipinski definition) is 3. The molecule has 0 unspecified atom stereocenters. The molecule has 0 spiro atoms. The number of unbranched alkanes of at least 4 members (excludes halogenated alkanes) is 2. The van der Waals surface area contributed by atoms with Crippen molar-refractivity contribution in [2.45, 2.75) is 32.3 Å². The van der Waals surface area contributed by atoms with Crippen molar-refractivity contribution in [3.63, 3.8) is 0 Å². The van der Waals surface area contributed by atoms with Crippen molar-refractivity contribution in [2.75, 3.05) is 6.54 Å². The van der Waals surface area contributed by atoms with Crippen LogP contribution in [0.1, 0.15) is 41.6 Å². The summed E-state index contributed by atoms with van der Waals surface area (Å²) in [5.74, 6) is -0.0821. The molecule has 0 aliphatic carbocycles. The lowest BCUT2D eigenvalue weighted by atomic mass is 10.1. The van der Waals surface area contributed by atoms with E-state index in [4.69, 9.17) is 9.84 Å². The van der Waals surface area contributed by atoms with Crippen LogP contribution in [0.4, 0.5) is 0 Å². The Labute approximate surface area is 147 Å². The van der Waals surface area contributed by atoms with Gasteiger partial charge in [-0.3, -0.25) is 9.59 Å². The molecule has 0 aliphatic heterocycles. The second kappa shape index (κ2) is 10.1. The number of carboxylic acids is 1. The first kappa shape index (κ1) is 18.5. The third-order valence-electron chi connectivity index (χ3n) is 3.72. The summed E-state index contributed by atoms with van der Waals surface area (Å²) in [6, 6.07) is 16.9. The van der Waals surface area contributed by atoms with E-state index < -0.39 is 5.97 Å². The summed E-state index contributed by atoms with van der Waals surface area (Å²) < 4.78 is 5.67. The molecule has 0 aliphatic rings. The highest BCUT2D eigenvalue weighted by atomic mass is 16.5. The predicted molar refractivity (Wildman–Crippen MR) is 95.7 cm³/mol. The molecule has 0 aromatic heterocycles. The molecule has 2 aromatic carbocycles. The quantitative estimate of drug-likeness (QED) is 0.647. The molecule has 0 fully saturated rings. The van der Waals surface area contributed by atoms with Gasteiger partial charge in [0.25, 0.3) is 5.91 Å². The van der Waals surface area contributed by atoms with Gasteiger partial charge in [-0.15, -0.1) is 0 Å². The van der Waals surface area contributed by atoms with Crippen molar-refractivity contribution in [3.05, 3.63) is 65.7 Å². The molecule has 5 heteroatoms. The van der Waals surface area contributed by atoms with Crippen LogP contribution in [0, 0.1) is 0 Å². The second-order valence-electron chi connectivity index (χ2n) is 5.76. The van der Waals surface area contributed by atoms with Gasteiger partial charge < -0.3 is 15.2 Å². The van der Waals surface area contributed by atoms with Crippen LogP contribution in [0.25, 0.3) is 0 Å². The average Bonchev–Trinajstić information content (AvgIpc) is 2.63. The molecule has 25 heavy (non-hydrogen) atoms. The highest BCUT2D eigenvalue weighted by Crippen LogP contribution is 2.12. The Bertz CT molecular complexity index is 668. The molecule has 132 valence electrons. The minimum atomic E-state index is -0.777. The largest absolute Gasteiger partial charge is 0.489 e. The molecule has 0 radical (unpaired) electrons. The number of hydrogen-bond donors (Lipinski definition) is 2. The zero-order chi connectivity index (χ0) is 17.9. The van der Waals surface area contributed by atoms with Gasteiger partial charge >= 0.3 is 5.97 Å². The molecule has 0 heterocycles. The molecular weight excluding hydrogens is 318 g/mol. The van der Waals surface area contributed by atoms with Gasteiger partial charge in [-0.05, 0) is 42.7 Å². The lowest BCUT2D eigenvalue weighted by molar-refractivity contribution is -0.137. The monoisotopic (exact) mass is 341 g/mol. The minimum absolute atomic E-state index is 0.117. The van der Waals surface area contributed by atoms with Crippen molar-refractivity contribution < 1.29 is 19.4 Å². The lowest BCUT2D eigenvalue weighted by Crippen LogP contribution is -2.24. The van der Waals surface area contributed by atoms with E-state index >= 15 is 0 Å². The molecular formula is C20H23NO4. The van der Waals surface area contributed by atoms with Crippen LogP contribution in [0.15, 0.2) is 54.6 Å². The van der Waals surface area contributed by atoms with Gasteiger partial charge in [-0.25, -0.2) is 0 Å². The van der Waals surface area contributed by atoms with Crippen molar-refractivity contribution >= 4 is 11.9 Å². The fourth-order valence-corrected chi connectivity index (χ4v) is 2.32. The normalized spacial score (nSPS) is 10.2. The summed E-state index contributed by atoms with van der Waals surface area (Å²) in [5.41, 5.74) is 1.60. The number of para-hydroxylation sites is 1. The summed E-state index contributed by atoms with van der Waals surface area (Å²) in [6.07, 6.45) is 2.39. The van der Waals surface area contributed by atoms with Crippen molar-refractivity contribution in [3.8, 4) is 5.75 Å². The molecule has 0 saturated carbocycles. The van der Waals surface area contributed by atoms with E-state index in [2.05, 4.69) is 5.32 Å². The predicted octanol–water partition coefficient (Wildman–Crippen LogP) is 3.64. The number of carboxylic acid groups (broad SMARTS) is 1. The van der Waals surface area contributed by atoms with Crippen molar-refractivity contribution in [2.24, 2.45) is 0 Å². The Balaban J connectivity index is 1.69. The summed E-state index contributed by atoms with van der Waals surface area (Å²) in [7, 11) is 0. The van der Waals surface area contributed by atoms with Gasteiger partial charge in [0.2, 0.25) is 0 Å². The van der Waals surface area contributed by atoms with Gasteiger partial charge in [-0.2, -0.15) is 0 Å². The van der Waals surface area contributed by atoms with Gasteiger partial charge in [0.15, 0.2) is 0 Å². The van der Waals surface area contributed by atoms with E-state index in [0.29, 0.717) is 25.1 Å². The fraction of sp³-hybridized carbons (Fsp3) is 0.300. The maximum absolute atomic E-state index is 12.0. The van der Waals surface area contributed by atoms with Crippen LogP contribution in [-0.4, -0.2) is 23.5 Å². The van der Waals surface area contributed by atoms with Crippen molar-refractivity contribution in [1.29, 1.82) is 0 Å². The third-order valence-corrected chi connectivity index (χ3v) is 3.72. The van der Waals surface area contributed by atoms with Crippen molar-refractivity contribution in [1.82, 2.24) is 5.32 Å². The maximum atomic E-state index is 12.0. The van der Waals surface area contributed by atoms with E-state index in [-0.39, 0.29) is 12.3 Å². The molecule has 1 amide bonds. The molecule has 0 bridgehead atoms.